The summed E-state index contributed by atoms with van der Waals surface area (Å²) < 4.78 is 5.45. The summed E-state index contributed by atoms with van der Waals surface area (Å²) in [6.07, 6.45) is 0.498. The van der Waals surface area contributed by atoms with Crippen molar-refractivity contribution in [3.8, 4) is 0 Å². The van der Waals surface area contributed by atoms with Crippen molar-refractivity contribution in [3.05, 3.63) is 0 Å². The molecular weight excluding hydrogens is 168 g/mol. The Balaban J connectivity index is 2.67. The third-order valence-electron chi connectivity index (χ3n) is 2.46. The van der Waals surface area contributed by atoms with Crippen LogP contribution in [-0.4, -0.2) is 62.7 Å². The van der Waals surface area contributed by atoms with Crippen molar-refractivity contribution >= 4 is 5.91 Å². The van der Waals surface area contributed by atoms with Crippen LogP contribution in [0.25, 0.3) is 0 Å². The summed E-state index contributed by atoms with van der Waals surface area (Å²) in [7, 11) is 7.47. The van der Waals surface area contributed by atoms with Crippen LogP contribution in [0.3, 0.4) is 0 Å². The molecule has 0 radical (unpaired) electrons. The van der Waals surface area contributed by atoms with Crippen LogP contribution in [0.4, 0.5) is 0 Å². The molecule has 1 fully saturated rings. The smallest absolute Gasteiger partial charge is 0.225 e. The standard InChI is InChI=1S/C9H18N2O2/c1-10(2)6-9(13-4)5-8(12)11(3)7-9/h5-7H2,1-4H3. The average molecular weight is 186 g/mol. The Morgan fingerprint density at radius 1 is 1.62 bits per heavy atom. The van der Waals surface area contributed by atoms with Gasteiger partial charge in [-0.25, -0.2) is 0 Å². The van der Waals surface area contributed by atoms with Gasteiger partial charge in [0.05, 0.1) is 13.0 Å². The first kappa shape index (κ1) is 10.5. The molecule has 0 saturated carbocycles. The first-order chi connectivity index (χ1) is 5.99. The van der Waals surface area contributed by atoms with Gasteiger partial charge in [-0.2, -0.15) is 0 Å². The lowest BCUT2D eigenvalue weighted by Gasteiger charge is -2.29. The number of likely N-dealkylation sites (N-methyl/N-ethyl adjacent to an activating group) is 2. The van der Waals surface area contributed by atoms with Crippen LogP contribution in [0.2, 0.25) is 0 Å². The number of amides is 1. The van der Waals surface area contributed by atoms with E-state index in [2.05, 4.69) is 4.90 Å². The highest BCUT2D eigenvalue weighted by Gasteiger charge is 2.42. The van der Waals surface area contributed by atoms with Crippen LogP contribution in [0, 0.1) is 0 Å². The summed E-state index contributed by atoms with van der Waals surface area (Å²) in [5.41, 5.74) is -0.296. The van der Waals surface area contributed by atoms with Crippen molar-refractivity contribution in [1.29, 1.82) is 0 Å². The maximum Gasteiger partial charge on any atom is 0.225 e. The summed E-state index contributed by atoms with van der Waals surface area (Å²) in [6.45, 7) is 1.49. The van der Waals surface area contributed by atoms with Crippen LogP contribution in [-0.2, 0) is 9.53 Å². The Bertz CT molecular complexity index is 206. The van der Waals surface area contributed by atoms with E-state index in [1.807, 2.05) is 21.1 Å². The molecule has 1 atom stereocenters. The molecule has 1 unspecified atom stereocenters. The molecule has 76 valence electrons. The lowest BCUT2D eigenvalue weighted by Crippen LogP contribution is -2.43. The topological polar surface area (TPSA) is 32.8 Å². The number of nitrogens with zero attached hydrogens (tertiary/aromatic N) is 2. The van der Waals surface area contributed by atoms with Gasteiger partial charge in [0.1, 0.15) is 5.60 Å². The fraction of sp³-hybridized carbons (Fsp3) is 0.889. The molecule has 0 bridgehead atoms. The minimum Gasteiger partial charge on any atom is -0.375 e. The van der Waals surface area contributed by atoms with Crippen molar-refractivity contribution in [1.82, 2.24) is 9.80 Å². The van der Waals surface area contributed by atoms with E-state index >= 15 is 0 Å². The zero-order valence-corrected chi connectivity index (χ0v) is 8.83. The second-order valence-corrected chi connectivity index (χ2v) is 4.05. The SMILES string of the molecule is COC1(CN(C)C)CC(=O)N(C)C1. The van der Waals surface area contributed by atoms with E-state index in [1.165, 1.54) is 0 Å². The van der Waals surface area contributed by atoms with Crippen molar-refractivity contribution in [2.24, 2.45) is 0 Å². The Kier molecular flexibility index (Phi) is 2.93. The Labute approximate surface area is 79.4 Å². The average Bonchev–Trinajstić information content (AvgIpc) is 2.27. The monoisotopic (exact) mass is 186 g/mol. The number of methoxy groups -OCH3 is 1. The van der Waals surface area contributed by atoms with Gasteiger partial charge in [-0.3, -0.25) is 4.79 Å². The van der Waals surface area contributed by atoms with Crippen LogP contribution in [0.1, 0.15) is 6.42 Å². The first-order valence-electron chi connectivity index (χ1n) is 4.43. The molecule has 1 rings (SSSR count). The molecule has 4 heteroatoms. The molecule has 13 heavy (non-hydrogen) atoms. The van der Waals surface area contributed by atoms with Gasteiger partial charge in [0.15, 0.2) is 0 Å². The summed E-state index contributed by atoms with van der Waals surface area (Å²) in [5.74, 6) is 0.170. The highest BCUT2D eigenvalue weighted by Crippen LogP contribution is 2.25. The Morgan fingerprint density at radius 3 is 2.54 bits per heavy atom. The van der Waals surface area contributed by atoms with Gasteiger partial charge in [0.2, 0.25) is 5.91 Å². The fourth-order valence-electron chi connectivity index (χ4n) is 1.87. The van der Waals surface area contributed by atoms with Crippen molar-refractivity contribution in [3.63, 3.8) is 0 Å². The fourth-order valence-corrected chi connectivity index (χ4v) is 1.87. The van der Waals surface area contributed by atoms with Crippen LogP contribution >= 0.6 is 0 Å². The summed E-state index contributed by atoms with van der Waals surface area (Å²) in [6, 6.07) is 0. The number of rotatable bonds is 3. The van der Waals surface area contributed by atoms with Crippen LogP contribution in [0.15, 0.2) is 0 Å². The molecule has 0 aromatic carbocycles. The lowest BCUT2D eigenvalue weighted by molar-refractivity contribution is -0.127. The predicted molar refractivity (Wildman–Crippen MR) is 50.5 cm³/mol. The number of ether oxygens (including phenoxy) is 1. The molecule has 4 nitrogen and oxygen atoms in total. The van der Waals surface area contributed by atoms with Gasteiger partial charge in [-0.1, -0.05) is 0 Å². The molecule has 1 aliphatic rings. The summed E-state index contributed by atoms with van der Waals surface area (Å²) >= 11 is 0. The zero-order valence-electron chi connectivity index (χ0n) is 8.83. The Hall–Kier alpha value is -0.610. The molecular formula is C9H18N2O2. The van der Waals surface area contributed by atoms with E-state index < -0.39 is 0 Å². The van der Waals surface area contributed by atoms with Gasteiger partial charge in [-0.15, -0.1) is 0 Å². The van der Waals surface area contributed by atoms with Crippen molar-refractivity contribution < 1.29 is 9.53 Å². The van der Waals surface area contributed by atoms with E-state index in [-0.39, 0.29) is 11.5 Å². The van der Waals surface area contributed by atoms with Crippen LogP contribution < -0.4 is 0 Å². The molecule has 0 spiro atoms. The van der Waals surface area contributed by atoms with E-state index in [0.717, 1.165) is 6.54 Å². The number of hydrogen-bond donors (Lipinski definition) is 0. The molecule has 0 aliphatic carbocycles. The van der Waals surface area contributed by atoms with E-state index in [0.29, 0.717) is 13.0 Å². The third-order valence-corrected chi connectivity index (χ3v) is 2.46. The number of likely N-dealkylation sites (tertiary alicyclic amines) is 1. The number of carbonyl (C=O) groups excluding carboxylic acids is 1. The molecule has 1 amide bonds. The van der Waals surface area contributed by atoms with Crippen LogP contribution in [0.5, 0.6) is 0 Å². The minimum atomic E-state index is -0.296. The highest BCUT2D eigenvalue weighted by atomic mass is 16.5. The summed E-state index contributed by atoms with van der Waals surface area (Å²) in [4.78, 5) is 15.1. The third kappa shape index (κ3) is 2.19. The van der Waals surface area contributed by atoms with Crippen molar-refractivity contribution in [2.75, 3.05) is 41.3 Å². The highest BCUT2D eigenvalue weighted by molar-refractivity contribution is 5.79. The van der Waals surface area contributed by atoms with Gasteiger partial charge < -0.3 is 14.5 Å². The van der Waals surface area contributed by atoms with Gasteiger partial charge in [-0.05, 0) is 14.1 Å². The maximum absolute atomic E-state index is 11.4. The first-order valence-corrected chi connectivity index (χ1v) is 4.43. The largest absolute Gasteiger partial charge is 0.375 e. The molecule has 0 aromatic rings. The lowest BCUT2D eigenvalue weighted by atomic mass is 10.0. The molecule has 1 heterocycles. The van der Waals surface area contributed by atoms with E-state index in [1.54, 1.807) is 12.0 Å². The van der Waals surface area contributed by atoms with Crippen molar-refractivity contribution in [2.45, 2.75) is 12.0 Å². The zero-order chi connectivity index (χ0) is 10.1. The molecule has 0 aromatic heterocycles. The molecule has 1 saturated heterocycles. The maximum atomic E-state index is 11.4. The molecule has 1 aliphatic heterocycles. The summed E-state index contributed by atoms with van der Waals surface area (Å²) in [5, 5.41) is 0. The Morgan fingerprint density at radius 2 is 2.23 bits per heavy atom. The van der Waals surface area contributed by atoms with E-state index in [9.17, 15) is 4.79 Å². The second kappa shape index (κ2) is 3.64. The minimum absolute atomic E-state index is 0.170. The van der Waals surface area contributed by atoms with E-state index in [4.69, 9.17) is 4.74 Å². The predicted octanol–water partition coefficient (Wildman–Crippen LogP) is -0.205. The second-order valence-electron chi connectivity index (χ2n) is 4.05. The van der Waals surface area contributed by atoms with Gasteiger partial charge >= 0.3 is 0 Å². The number of carbonyl (C=O) groups is 1. The molecule has 0 N–H and O–H groups in total. The van der Waals surface area contributed by atoms with Gasteiger partial charge in [0, 0.05) is 20.7 Å². The van der Waals surface area contributed by atoms with Gasteiger partial charge in [0.25, 0.3) is 0 Å². The normalized spacial score (nSPS) is 29.0. The quantitative estimate of drug-likeness (QED) is 0.611. The number of hydrogen-bond acceptors (Lipinski definition) is 3.